The van der Waals surface area contributed by atoms with Gasteiger partial charge in [-0.3, -0.25) is 38.4 Å². The van der Waals surface area contributed by atoms with E-state index in [1.165, 1.54) is 51.4 Å². The van der Waals surface area contributed by atoms with Crippen LogP contribution >= 0.6 is 0 Å². The number of unbranched alkanes of at least 4 members (excludes halogenated alkanes) is 12. The number of amides is 6. The second-order valence-corrected chi connectivity index (χ2v) is 15.6. The molecule has 6 amide bonds. The van der Waals surface area contributed by atoms with Gasteiger partial charge in [0.25, 0.3) is 0 Å². The average Bonchev–Trinajstić information content (AvgIpc) is 3.18. The summed E-state index contributed by atoms with van der Waals surface area (Å²) in [6.45, 7) is 5.93. The minimum atomic E-state index is -1.47. The molecular formula is C43H70N6O10. The van der Waals surface area contributed by atoms with E-state index in [4.69, 9.17) is 5.73 Å². The van der Waals surface area contributed by atoms with Gasteiger partial charge >= 0.3 is 5.97 Å². The molecule has 1 aromatic rings. The second kappa shape index (κ2) is 30.2. The average molecular weight is 831 g/mol. The van der Waals surface area contributed by atoms with Crippen LogP contribution in [0.15, 0.2) is 30.3 Å². The first kappa shape index (κ1) is 52.2. The molecular weight excluding hydrogens is 761 g/mol. The summed E-state index contributed by atoms with van der Waals surface area (Å²) in [6, 6.07) is 1.88. The number of hydrogen-bond donors (Lipinski definition) is 8. The van der Waals surface area contributed by atoms with Crippen LogP contribution in [0.2, 0.25) is 0 Å². The molecule has 0 aromatic heterocycles. The zero-order valence-electron chi connectivity index (χ0n) is 35.5. The molecule has 0 aliphatic heterocycles. The van der Waals surface area contributed by atoms with Crippen molar-refractivity contribution in [3.8, 4) is 0 Å². The molecule has 0 aliphatic carbocycles. The zero-order valence-corrected chi connectivity index (χ0v) is 35.5. The second-order valence-electron chi connectivity index (χ2n) is 15.6. The Morgan fingerprint density at radius 1 is 0.610 bits per heavy atom. The van der Waals surface area contributed by atoms with E-state index in [2.05, 4.69) is 33.5 Å². The van der Waals surface area contributed by atoms with E-state index >= 15 is 0 Å². The van der Waals surface area contributed by atoms with E-state index in [1.807, 2.05) is 0 Å². The monoisotopic (exact) mass is 831 g/mol. The van der Waals surface area contributed by atoms with Crippen LogP contribution < -0.4 is 32.3 Å². The predicted molar refractivity (Wildman–Crippen MR) is 223 cm³/mol. The lowest BCUT2D eigenvalue weighted by molar-refractivity contribution is -0.141. The van der Waals surface area contributed by atoms with Crippen LogP contribution in [0.4, 0.5) is 0 Å². The van der Waals surface area contributed by atoms with Crippen LogP contribution in [0.5, 0.6) is 0 Å². The van der Waals surface area contributed by atoms with Crippen molar-refractivity contribution in [2.24, 2.45) is 11.7 Å². The summed E-state index contributed by atoms with van der Waals surface area (Å²) < 4.78 is 0. The van der Waals surface area contributed by atoms with Crippen molar-refractivity contribution in [3.63, 3.8) is 0 Å². The fraction of sp³-hybridized carbons (Fsp3) is 0.674. The Hall–Kier alpha value is -4.86. The van der Waals surface area contributed by atoms with E-state index in [0.717, 1.165) is 32.6 Å². The van der Waals surface area contributed by atoms with Crippen LogP contribution in [0.25, 0.3) is 0 Å². The Morgan fingerprint density at radius 2 is 1.10 bits per heavy atom. The number of carboxylic acids is 1. The number of nitrogens with two attached hydrogens (primary N) is 1. The Balaban J connectivity index is 2.97. The van der Waals surface area contributed by atoms with Crippen LogP contribution in [-0.2, 0) is 44.8 Å². The van der Waals surface area contributed by atoms with Crippen molar-refractivity contribution in [2.45, 2.75) is 173 Å². The number of primary amides is 1. The van der Waals surface area contributed by atoms with Crippen molar-refractivity contribution < 1.29 is 48.6 Å². The summed E-state index contributed by atoms with van der Waals surface area (Å²) in [7, 11) is 0. The van der Waals surface area contributed by atoms with Crippen molar-refractivity contribution in [3.05, 3.63) is 35.9 Å². The van der Waals surface area contributed by atoms with Crippen molar-refractivity contribution in [2.75, 3.05) is 6.61 Å². The van der Waals surface area contributed by atoms with E-state index < -0.39 is 96.4 Å². The third-order valence-corrected chi connectivity index (χ3v) is 10.0. The van der Waals surface area contributed by atoms with Gasteiger partial charge in [-0.15, -0.1) is 0 Å². The number of rotatable bonds is 33. The van der Waals surface area contributed by atoms with Crippen molar-refractivity contribution >= 4 is 47.2 Å². The number of ketones is 1. The van der Waals surface area contributed by atoms with E-state index in [1.54, 1.807) is 44.2 Å². The molecule has 59 heavy (non-hydrogen) atoms. The van der Waals surface area contributed by atoms with Gasteiger partial charge in [0.2, 0.25) is 35.4 Å². The normalized spacial score (nSPS) is 13.6. The van der Waals surface area contributed by atoms with Gasteiger partial charge in [-0.25, -0.2) is 0 Å². The fourth-order valence-corrected chi connectivity index (χ4v) is 6.44. The maximum atomic E-state index is 13.8. The van der Waals surface area contributed by atoms with Crippen molar-refractivity contribution in [1.82, 2.24) is 26.6 Å². The Morgan fingerprint density at radius 3 is 1.59 bits per heavy atom. The van der Waals surface area contributed by atoms with Gasteiger partial charge in [-0.2, -0.15) is 0 Å². The van der Waals surface area contributed by atoms with Gasteiger partial charge in [-0.1, -0.05) is 128 Å². The van der Waals surface area contributed by atoms with Gasteiger partial charge in [0.15, 0.2) is 5.78 Å². The summed E-state index contributed by atoms with van der Waals surface area (Å²) in [6.07, 6.45) is 13.5. The van der Waals surface area contributed by atoms with Gasteiger partial charge in [-0.05, 0) is 31.2 Å². The molecule has 0 spiro atoms. The number of aliphatic hydroxyl groups excluding tert-OH is 1. The summed E-state index contributed by atoms with van der Waals surface area (Å²) in [5.74, 6) is -7.09. The number of carboxylic acid groups (broad SMARTS) is 1. The van der Waals surface area contributed by atoms with Gasteiger partial charge in [0.05, 0.1) is 13.0 Å². The quantitative estimate of drug-likeness (QED) is 0.0480. The fourth-order valence-electron chi connectivity index (χ4n) is 6.44. The third-order valence-electron chi connectivity index (χ3n) is 10.0. The van der Waals surface area contributed by atoms with E-state index in [-0.39, 0.29) is 25.7 Å². The summed E-state index contributed by atoms with van der Waals surface area (Å²) in [4.78, 5) is 102. The van der Waals surface area contributed by atoms with Crippen LogP contribution in [0.1, 0.15) is 142 Å². The maximum Gasteiger partial charge on any atom is 0.305 e. The number of hydrogen-bond acceptors (Lipinski definition) is 9. The predicted octanol–water partition coefficient (Wildman–Crippen LogP) is 3.11. The molecule has 0 radical (unpaired) electrons. The lowest BCUT2D eigenvalue weighted by atomic mass is 9.99. The highest BCUT2D eigenvalue weighted by Crippen LogP contribution is 2.14. The molecule has 9 N–H and O–H groups in total. The zero-order chi connectivity index (χ0) is 44.2. The SMILES string of the molecule is CCCCCCCCCCCCCCCC(=O)N[C@@H](CC(=O)O)C(=O)N[C@H](C(=O)N[C@@H](Cc1ccccc1)C(=O)N[C@@H](CCC(N)=O)C(=O)N[C@@H](CO)C(C)=O)C(C)C. The minimum absolute atomic E-state index is 0.0645. The topological polar surface area (TPSA) is 263 Å². The molecule has 332 valence electrons. The van der Waals surface area contributed by atoms with Crippen LogP contribution in [0.3, 0.4) is 0 Å². The molecule has 0 bridgehead atoms. The highest BCUT2D eigenvalue weighted by molar-refractivity contribution is 5.97. The Labute approximate surface area is 349 Å². The van der Waals surface area contributed by atoms with Crippen molar-refractivity contribution in [1.29, 1.82) is 0 Å². The number of benzene rings is 1. The molecule has 1 aromatic carbocycles. The van der Waals surface area contributed by atoms with Gasteiger partial charge in [0.1, 0.15) is 30.2 Å². The largest absolute Gasteiger partial charge is 0.481 e. The smallest absolute Gasteiger partial charge is 0.305 e. The number of nitrogens with one attached hydrogen (secondary N) is 5. The summed E-state index contributed by atoms with van der Waals surface area (Å²) in [5.41, 5.74) is 5.92. The number of aliphatic hydroxyl groups is 1. The lowest BCUT2D eigenvalue weighted by Gasteiger charge is -2.28. The minimum Gasteiger partial charge on any atom is -0.481 e. The number of aliphatic carboxylic acids is 1. The first-order chi connectivity index (χ1) is 28.1. The molecule has 0 saturated heterocycles. The number of carbonyl (C=O) groups is 8. The molecule has 5 atom stereocenters. The molecule has 0 saturated carbocycles. The molecule has 1 rings (SSSR count). The number of Topliss-reactive ketones (excluding diaryl/α,β-unsaturated/α-hetero) is 1. The first-order valence-electron chi connectivity index (χ1n) is 21.3. The molecule has 0 heterocycles. The standard InChI is InChI=1S/C43H70N6O10/c1-5-6-7-8-9-10-11-12-13-14-15-16-20-23-37(53)45-34(27-38(54)55)42(58)49-39(29(2)3)43(59)47-33(26-31-21-18-17-19-22-31)41(57)46-32(24-25-36(44)52)40(56)48-35(28-50)30(4)51/h17-19,21-22,29,32-35,39,50H,5-16,20,23-28H2,1-4H3,(H2,44,52)(H,45,53)(H,46,57)(H,47,59)(H,48,56)(H,49,58)(H,54,55)/t32-,33-,34-,35-,39-/m0/s1. The molecule has 0 unspecified atom stereocenters. The summed E-state index contributed by atoms with van der Waals surface area (Å²) >= 11 is 0. The van der Waals surface area contributed by atoms with E-state index in [0.29, 0.717) is 12.0 Å². The summed E-state index contributed by atoms with van der Waals surface area (Å²) in [5, 5.41) is 31.6. The molecule has 16 heteroatoms. The van der Waals surface area contributed by atoms with E-state index in [9.17, 15) is 48.6 Å². The molecule has 0 fully saturated rings. The highest BCUT2D eigenvalue weighted by Gasteiger charge is 2.34. The number of carbonyl (C=O) groups excluding carboxylic acids is 7. The van der Waals surface area contributed by atoms with Gasteiger partial charge in [0, 0.05) is 19.3 Å². The van der Waals surface area contributed by atoms with Crippen LogP contribution in [0, 0.1) is 5.92 Å². The first-order valence-corrected chi connectivity index (χ1v) is 21.3. The Kier molecular flexibility index (Phi) is 26.7. The molecule has 16 nitrogen and oxygen atoms in total. The maximum absolute atomic E-state index is 13.8. The molecule has 0 aliphatic rings. The third kappa shape index (κ3) is 23.4. The van der Waals surface area contributed by atoms with Gasteiger partial charge < -0.3 is 42.5 Å². The highest BCUT2D eigenvalue weighted by atomic mass is 16.4. The lowest BCUT2D eigenvalue weighted by Crippen LogP contribution is -2.60. The van der Waals surface area contributed by atoms with Crippen LogP contribution in [-0.4, -0.2) is 94.2 Å². The Bertz CT molecular complexity index is 1470.